The fourth-order valence-electron chi connectivity index (χ4n) is 2.98. The maximum atomic E-state index is 13.9. The molecule has 0 aliphatic carbocycles. The summed E-state index contributed by atoms with van der Waals surface area (Å²) in [4.78, 5) is 13.2. The Labute approximate surface area is 151 Å². The Kier molecular flexibility index (Phi) is 5.11. The first kappa shape index (κ1) is 18.2. The van der Waals surface area contributed by atoms with Crippen LogP contribution in [0.15, 0.2) is 36.4 Å². The summed E-state index contributed by atoms with van der Waals surface area (Å²) in [6, 6.07) is 10.8. The Morgan fingerprint density at radius 2 is 1.81 bits per heavy atom. The number of rotatable bonds is 5. The Morgan fingerprint density at radius 3 is 2.42 bits per heavy atom. The number of carbonyl (C=O) groups excluding carboxylic acids is 1. The first-order chi connectivity index (χ1) is 12.3. The summed E-state index contributed by atoms with van der Waals surface area (Å²) in [5.41, 5.74) is 2.31. The molecule has 26 heavy (non-hydrogen) atoms. The fourth-order valence-corrected chi connectivity index (χ4v) is 2.98. The van der Waals surface area contributed by atoms with Crippen LogP contribution in [0.4, 0.5) is 14.5 Å². The first-order valence-corrected chi connectivity index (χ1v) is 8.58. The molecule has 3 rings (SSSR count). The van der Waals surface area contributed by atoms with Gasteiger partial charge in [-0.05, 0) is 43.2 Å². The van der Waals surface area contributed by atoms with Crippen LogP contribution in [-0.4, -0.2) is 25.1 Å². The molecule has 0 radical (unpaired) electrons. The number of ether oxygens (including phenoxy) is 1. The summed E-state index contributed by atoms with van der Waals surface area (Å²) >= 11 is 0. The molecule has 1 saturated heterocycles. The fraction of sp³-hybridized carbons (Fsp3) is 0.350. The molecule has 1 fully saturated rings. The molecule has 1 aliphatic rings. The van der Waals surface area contributed by atoms with E-state index in [2.05, 4.69) is 10.2 Å². The van der Waals surface area contributed by atoms with E-state index in [9.17, 15) is 13.6 Å². The van der Waals surface area contributed by atoms with Crippen LogP contribution in [0.5, 0.6) is 5.75 Å². The van der Waals surface area contributed by atoms with E-state index in [1.54, 1.807) is 0 Å². The van der Waals surface area contributed by atoms with Gasteiger partial charge in [-0.1, -0.05) is 18.2 Å². The van der Waals surface area contributed by atoms with Crippen LogP contribution in [-0.2, 0) is 4.79 Å². The molecule has 1 atom stereocenters. The standard InChI is InChI=1S/C20H22F2N2O2/c1-12-4-9-18(20(22)19(12)21)26-17-10-24(11-17)16-7-5-15(6-8-16)13(2)23-14(3)25/h4-9,13,17H,10-11H2,1-3H3,(H,23,25)/t13-/m0/s1. The van der Waals surface area contributed by atoms with Crippen molar-refractivity contribution in [1.29, 1.82) is 0 Å². The number of anilines is 1. The third kappa shape index (κ3) is 3.79. The van der Waals surface area contributed by atoms with E-state index in [-0.39, 0.29) is 29.4 Å². The predicted molar refractivity (Wildman–Crippen MR) is 96.4 cm³/mol. The van der Waals surface area contributed by atoms with Gasteiger partial charge in [-0.2, -0.15) is 4.39 Å². The molecule has 0 bridgehead atoms. The van der Waals surface area contributed by atoms with Crippen molar-refractivity contribution in [2.75, 3.05) is 18.0 Å². The monoisotopic (exact) mass is 360 g/mol. The number of nitrogens with one attached hydrogen (secondary N) is 1. The van der Waals surface area contributed by atoms with E-state index < -0.39 is 11.6 Å². The van der Waals surface area contributed by atoms with Crippen molar-refractivity contribution in [1.82, 2.24) is 5.32 Å². The molecular formula is C20H22F2N2O2. The van der Waals surface area contributed by atoms with E-state index in [0.29, 0.717) is 13.1 Å². The van der Waals surface area contributed by atoms with Gasteiger partial charge in [0.2, 0.25) is 11.7 Å². The van der Waals surface area contributed by atoms with Crippen molar-refractivity contribution in [3.63, 3.8) is 0 Å². The molecule has 4 nitrogen and oxygen atoms in total. The summed E-state index contributed by atoms with van der Waals surface area (Å²) < 4.78 is 33.0. The summed E-state index contributed by atoms with van der Waals surface area (Å²) in [7, 11) is 0. The molecule has 0 spiro atoms. The molecule has 1 amide bonds. The number of nitrogens with zero attached hydrogens (tertiary/aromatic N) is 1. The number of benzene rings is 2. The Hall–Kier alpha value is -2.63. The van der Waals surface area contributed by atoms with E-state index >= 15 is 0 Å². The Balaban J connectivity index is 1.57. The maximum Gasteiger partial charge on any atom is 0.217 e. The van der Waals surface area contributed by atoms with Crippen molar-refractivity contribution in [2.45, 2.75) is 32.9 Å². The van der Waals surface area contributed by atoms with E-state index in [1.165, 1.54) is 26.0 Å². The molecule has 0 aromatic heterocycles. The number of hydrogen-bond donors (Lipinski definition) is 1. The predicted octanol–water partition coefficient (Wildman–Crippen LogP) is 3.74. The normalized spacial score (nSPS) is 15.3. The third-order valence-electron chi connectivity index (χ3n) is 4.56. The van der Waals surface area contributed by atoms with Crippen LogP contribution in [0.2, 0.25) is 0 Å². The zero-order valence-electron chi connectivity index (χ0n) is 15.1. The second kappa shape index (κ2) is 7.32. The van der Waals surface area contributed by atoms with E-state index in [4.69, 9.17) is 4.74 Å². The van der Waals surface area contributed by atoms with Crippen LogP contribution in [0, 0.1) is 18.6 Å². The highest BCUT2D eigenvalue weighted by molar-refractivity contribution is 5.73. The van der Waals surface area contributed by atoms with Crippen LogP contribution < -0.4 is 15.0 Å². The van der Waals surface area contributed by atoms with Crippen LogP contribution in [0.3, 0.4) is 0 Å². The van der Waals surface area contributed by atoms with Crippen LogP contribution >= 0.6 is 0 Å². The van der Waals surface area contributed by atoms with Gasteiger partial charge in [0.15, 0.2) is 11.6 Å². The topological polar surface area (TPSA) is 41.6 Å². The van der Waals surface area contributed by atoms with Crippen LogP contribution in [0.25, 0.3) is 0 Å². The summed E-state index contributed by atoms with van der Waals surface area (Å²) in [5, 5.41) is 2.85. The molecule has 0 unspecified atom stereocenters. The van der Waals surface area contributed by atoms with Gasteiger partial charge in [0.25, 0.3) is 0 Å². The lowest BCUT2D eigenvalue weighted by Crippen LogP contribution is -2.54. The minimum Gasteiger partial charge on any atom is -0.484 e. The lowest BCUT2D eigenvalue weighted by molar-refractivity contribution is -0.119. The van der Waals surface area contributed by atoms with Crippen LogP contribution in [0.1, 0.15) is 31.0 Å². The number of hydrogen-bond acceptors (Lipinski definition) is 3. The minimum atomic E-state index is -0.931. The zero-order valence-corrected chi connectivity index (χ0v) is 15.1. The van der Waals surface area contributed by atoms with Crippen molar-refractivity contribution in [3.8, 4) is 5.75 Å². The van der Waals surface area contributed by atoms with Crippen molar-refractivity contribution < 1.29 is 18.3 Å². The average Bonchev–Trinajstić information content (AvgIpc) is 2.57. The SMILES string of the molecule is CC(=O)N[C@@H](C)c1ccc(N2CC(Oc3ccc(C)c(F)c3F)C2)cc1. The molecule has 0 saturated carbocycles. The van der Waals surface area contributed by atoms with Gasteiger partial charge < -0.3 is 15.0 Å². The van der Waals surface area contributed by atoms with Crippen molar-refractivity contribution in [3.05, 3.63) is 59.2 Å². The minimum absolute atomic E-state index is 0.0442. The average molecular weight is 360 g/mol. The second-order valence-electron chi connectivity index (χ2n) is 6.67. The van der Waals surface area contributed by atoms with Gasteiger partial charge in [0.1, 0.15) is 6.10 Å². The highest BCUT2D eigenvalue weighted by Crippen LogP contribution is 2.28. The zero-order chi connectivity index (χ0) is 18.8. The molecule has 1 heterocycles. The summed E-state index contributed by atoms with van der Waals surface area (Å²) in [5.74, 6) is -1.90. The number of carbonyl (C=O) groups is 1. The molecule has 2 aromatic rings. The van der Waals surface area contributed by atoms with Crippen molar-refractivity contribution in [2.24, 2.45) is 0 Å². The van der Waals surface area contributed by atoms with Gasteiger partial charge in [0, 0.05) is 12.6 Å². The largest absolute Gasteiger partial charge is 0.484 e. The van der Waals surface area contributed by atoms with Gasteiger partial charge in [-0.15, -0.1) is 0 Å². The quantitative estimate of drug-likeness (QED) is 0.883. The molecule has 1 N–H and O–H groups in total. The molecule has 2 aromatic carbocycles. The van der Waals surface area contributed by atoms with Crippen molar-refractivity contribution >= 4 is 11.6 Å². The Morgan fingerprint density at radius 1 is 1.15 bits per heavy atom. The molecule has 1 aliphatic heterocycles. The number of amides is 1. The molecule has 6 heteroatoms. The molecular weight excluding hydrogens is 338 g/mol. The lowest BCUT2D eigenvalue weighted by Gasteiger charge is -2.40. The first-order valence-electron chi connectivity index (χ1n) is 8.58. The summed E-state index contributed by atoms with van der Waals surface area (Å²) in [6.07, 6.45) is -0.176. The van der Waals surface area contributed by atoms with E-state index in [0.717, 1.165) is 11.3 Å². The van der Waals surface area contributed by atoms with Gasteiger partial charge >= 0.3 is 0 Å². The number of aryl methyl sites for hydroxylation is 1. The number of halogens is 2. The third-order valence-corrected chi connectivity index (χ3v) is 4.56. The second-order valence-corrected chi connectivity index (χ2v) is 6.67. The van der Waals surface area contributed by atoms with E-state index in [1.807, 2.05) is 31.2 Å². The highest BCUT2D eigenvalue weighted by atomic mass is 19.2. The highest BCUT2D eigenvalue weighted by Gasteiger charge is 2.30. The summed E-state index contributed by atoms with van der Waals surface area (Å²) in [6.45, 7) is 6.15. The molecule has 138 valence electrons. The Bertz CT molecular complexity index is 802. The smallest absolute Gasteiger partial charge is 0.217 e. The van der Waals surface area contributed by atoms with Gasteiger partial charge in [0.05, 0.1) is 19.1 Å². The lowest BCUT2D eigenvalue weighted by atomic mass is 10.1. The van der Waals surface area contributed by atoms with Gasteiger partial charge in [-0.3, -0.25) is 4.79 Å². The van der Waals surface area contributed by atoms with Gasteiger partial charge in [-0.25, -0.2) is 4.39 Å². The maximum absolute atomic E-state index is 13.9.